The number of ether oxygens (including phenoxy) is 1. The first-order valence-corrected chi connectivity index (χ1v) is 9.54. The number of carbonyl (C=O) groups is 1. The number of aryl methyl sites for hydroxylation is 1. The maximum Gasteiger partial charge on any atom is 0.343 e. The lowest BCUT2D eigenvalue weighted by Crippen LogP contribution is -2.44. The highest BCUT2D eigenvalue weighted by Gasteiger charge is 2.45. The summed E-state index contributed by atoms with van der Waals surface area (Å²) in [6.07, 6.45) is 1.80. The van der Waals surface area contributed by atoms with Crippen LogP contribution in [-0.2, 0) is 34.8 Å². The maximum absolute atomic E-state index is 13.2. The Morgan fingerprint density at radius 1 is 1.31 bits per heavy atom. The second kappa shape index (κ2) is 5.95. The minimum atomic E-state index is -1.82. The van der Waals surface area contributed by atoms with Crippen LogP contribution in [0.25, 0.3) is 22.3 Å². The van der Waals surface area contributed by atoms with E-state index in [9.17, 15) is 14.7 Å². The van der Waals surface area contributed by atoms with Gasteiger partial charge in [0.1, 0.15) is 6.61 Å². The van der Waals surface area contributed by atoms with Crippen LogP contribution in [0, 0.1) is 6.92 Å². The van der Waals surface area contributed by atoms with Gasteiger partial charge in [-0.1, -0.05) is 6.92 Å². The third-order valence-corrected chi connectivity index (χ3v) is 6.13. The molecule has 5 rings (SSSR count). The molecular formula is C21H20N4O4. The van der Waals surface area contributed by atoms with Crippen LogP contribution in [-0.4, -0.2) is 25.6 Å². The number of aromatic nitrogens is 3. The molecule has 148 valence electrons. The van der Waals surface area contributed by atoms with Crippen molar-refractivity contribution in [2.45, 2.75) is 45.6 Å². The standard InChI is InChI=1S/C21H20N4O4/c1-3-21(28)15-5-17-18-13(8-25(17)19(26)14(15)9-29-20(21)27)10(2)12-4-11(6-22)23-7-16(12)24-18/h4-5,7,28H,3,6,8-9,22H2,1-2H3/t21-/m0/s1. The van der Waals surface area contributed by atoms with E-state index in [4.69, 9.17) is 15.5 Å². The summed E-state index contributed by atoms with van der Waals surface area (Å²) in [5.74, 6) is -0.726. The molecule has 0 radical (unpaired) electrons. The summed E-state index contributed by atoms with van der Waals surface area (Å²) in [7, 11) is 0. The molecule has 3 N–H and O–H groups in total. The van der Waals surface area contributed by atoms with Crippen molar-refractivity contribution >= 4 is 16.9 Å². The molecule has 0 fully saturated rings. The van der Waals surface area contributed by atoms with Crippen molar-refractivity contribution in [3.63, 3.8) is 0 Å². The van der Waals surface area contributed by atoms with Crippen LogP contribution in [0.1, 0.15) is 41.3 Å². The molecule has 0 saturated carbocycles. The van der Waals surface area contributed by atoms with Crippen LogP contribution in [0.15, 0.2) is 23.1 Å². The number of nitrogens with zero attached hydrogens (tertiary/aromatic N) is 3. The molecule has 2 aliphatic rings. The Bertz CT molecular complexity index is 1280. The van der Waals surface area contributed by atoms with Crippen molar-refractivity contribution in [1.29, 1.82) is 0 Å². The Kier molecular flexibility index (Phi) is 3.68. The molecule has 0 aromatic carbocycles. The molecule has 3 aromatic heterocycles. The molecule has 0 aliphatic carbocycles. The average Bonchev–Trinajstić information content (AvgIpc) is 3.10. The summed E-state index contributed by atoms with van der Waals surface area (Å²) in [6, 6.07) is 3.64. The van der Waals surface area contributed by atoms with Crippen LogP contribution in [0.4, 0.5) is 0 Å². The summed E-state index contributed by atoms with van der Waals surface area (Å²) >= 11 is 0. The second-order valence-electron chi connectivity index (χ2n) is 7.56. The van der Waals surface area contributed by atoms with E-state index in [-0.39, 0.29) is 18.6 Å². The Hall–Kier alpha value is -3.10. The lowest BCUT2D eigenvalue weighted by Gasteiger charge is -2.31. The van der Waals surface area contributed by atoms with Gasteiger partial charge in [-0.05, 0) is 31.0 Å². The van der Waals surface area contributed by atoms with E-state index in [1.54, 1.807) is 23.8 Å². The number of fused-ring (bicyclic) bond motifs is 5. The summed E-state index contributed by atoms with van der Waals surface area (Å²) in [5.41, 5.74) is 8.98. The number of esters is 1. The maximum atomic E-state index is 13.2. The van der Waals surface area contributed by atoms with Crippen molar-refractivity contribution in [1.82, 2.24) is 14.5 Å². The first-order valence-electron chi connectivity index (χ1n) is 9.54. The van der Waals surface area contributed by atoms with Gasteiger partial charge in [0.05, 0.1) is 40.9 Å². The number of aliphatic hydroxyl groups is 1. The minimum absolute atomic E-state index is 0.116. The van der Waals surface area contributed by atoms with E-state index < -0.39 is 11.6 Å². The fourth-order valence-electron chi connectivity index (χ4n) is 4.34. The number of cyclic esters (lactones) is 1. The molecule has 0 unspecified atom stereocenters. The van der Waals surface area contributed by atoms with Gasteiger partial charge >= 0.3 is 5.97 Å². The summed E-state index contributed by atoms with van der Waals surface area (Å²) < 4.78 is 6.74. The summed E-state index contributed by atoms with van der Waals surface area (Å²) in [4.78, 5) is 34.5. The molecular weight excluding hydrogens is 372 g/mol. The third kappa shape index (κ3) is 2.27. The van der Waals surface area contributed by atoms with Gasteiger partial charge in [0.15, 0.2) is 5.60 Å². The molecule has 3 aromatic rings. The van der Waals surface area contributed by atoms with E-state index in [2.05, 4.69) is 4.98 Å². The van der Waals surface area contributed by atoms with Gasteiger partial charge in [-0.15, -0.1) is 0 Å². The normalized spacial score (nSPS) is 19.7. The zero-order chi connectivity index (χ0) is 20.5. The van der Waals surface area contributed by atoms with Crippen LogP contribution in [0.3, 0.4) is 0 Å². The van der Waals surface area contributed by atoms with Crippen LogP contribution in [0.5, 0.6) is 0 Å². The number of hydrogen-bond donors (Lipinski definition) is 2. The highest BCUT2D eigenvalue weighted by molar-refractivity contribution is 5.88. The van der Waals surface area contributed by atoms with E-state index in [0.717, 1.165) is 22.2 Å². The molecule has 0 saturated heterocycles. The van der Waals surface area contributed by atoms with Gasteiger partial charge in [0, 0.05) is 23.1 Å². The molecule has 0 bridgehead atoms. The number of rotatable bonds is 2. The topological polar surface area (TPSA) is 120 Å². The summed E-state index contributed by atoms with van der Waals surface area (Å²) in [5, 5.41) is 11.9. The van der Waals surface area contributed by atoms with E-state index >= 15 is 0 Å². The average molecular weight is 392 g/mol. The quantitative estimate of drug-likeness (QED) is 0.492. The zero-order valence-electron chi connectivity index (χ0n) is 16.2. The molecule has 2 aliphatic heterocycles. The Balaban J connectivity index is 1.80. The first-order chi connectivity index (χ1) is 13.9. The molecule has 29 heavy (non-hydrogen) atoms. The number of carbonyl (C=O) groups excluding carboxylic acids is 1. The number of hydrogen-bond acceptors (Lipinski definition) is 7. The molecule has 5 heterocycles. The number of nitrogens with two attached hydrogens (primary N) is 1. The molecule has 8 heteroatoms. The lowest BCUT2D eigenvalue weighted by atomic mass is 9.86. The van der Waals surface area contributed by atoms with Gasteiger partial charge in [-0.2, -0.15) is 0 Å². The Morgan fingerprint density at radius 2 is 2.10 bits per heavy atom. The van der Waals surface area contributed by atoms with Gasteiger partial charge in [0.2, 0.25) is 0 Å². The number of pyridine rings is 3. The first kappa shape index (κ1) is 18.0. The van der Waals surface area contributed by atoms with Crippen molar-refractivity contribution in [2.24, 2.45) is 5.73 Å². The third-order valence-electron chi connectivity index (χ3n) is 6.13. The Morgan fingerprint density at radius 3 is 2.83 bits per heavy atom. The predicted octanol–water partition coefficient (Wildman–Crippen LogP) is 1.24. The van der Waals surface area contributed by atoms with Crippen molar-refractivity contribution < 1.29 is 14.6 Å². The SMILES string of the molecule is CC[C@@]1(O)C(=O)OCc2c1cc1n(c2=O)Cc2c-1nc1cnc(CN)cc1c2C. The van der Waals surface area contributed by atoms with Crippen LogP contribution < -0.4 is 11.3 Å². The van der Waals surface area contributed by atoms with Crippen LogP contribution >= 0.6 is 0 Å². The lowest BCUT2D eigenvalue weighted by molar-refractivity contribution is -0.172. The fraction of sp³-hybridized carbons (Fsp3) is 0.333. The molecule has 1 atom stereocenters. The van der Waals surface area contributed by atoms with Crippen molar-refractivity contribution in [3.8, 4) is 11.4 Å². The highest BCUT2D eigenvalue weighted by Crippen LogP contribution is 2.39. The van der Waals surface area contributed by atoms with E-state index in [1.807, 2.05) is 13.0 Å². The monoisotopic (exact) mass is 392 g/mol. The largest absolute Gasteiger partial charge is 0.458 e. The van der Waals surface area contributed by atoms with E-state index in [1.165, 1.54) is 0 Å². The van der Waals surface area contributed by atoms with Crippen molar-refractivity contribution in [2.75, 3.05) is 0 Å². The van der Waals surface area contributed by atoms with Crippen LogP contribution in [0.2, 0.25) is 0 Å². The molecule has 0 amide bonds. The summed E-state index contributed by atoms with van der Waals surface area (Å²) in [6.45, 7) is 4.26. The van der Waals surface area contributed by atoms with Gasteiger partial charge < -0.3 is 20.1 Å². The Labute approximate surface area is 166 Å². The van der Waals surface area contributed by atoms with Gasteiger partial charge in [0.25, 0.3) is 5.56 Å². The molecule has 0 spiro atoms. The van der Waals surface area contributed by atoms with Gasteiger partial charge in [-0.25, -0.2) is 9.78 Å². The van der Waals surface area contributed by atoms with E-state index in [0.29, 0.717) is 41.1 Å². The minimum Gasteiger partial charge on any atom is -0.458 e. The van der Waals surface area contributed by atoms with Crippen molar-refractivity contribution in [3.05, 3.63) is 56.6 Å². The second-order valence-corrected chi connectivity index (χ2v) is 7.56. The zero-order valence-corrected chi connectivity index (χ0v) is 16.2. The fourth-order valence-corrected chi connectivity index (χ4v) is 4.34. The smallest absolute Gasteiger partial charge is 0.343 e. The highest BCUT2D eigenvalue weighted by atomic mass is 16.6. The van der Waals surface area contributed by atoms with Gasteiger partial charge in [-0.3, -0.25) is 9.78 Å². The molecule has 8 nitrogen and oxygen atoms in total. The predicted molar refractivity (Wildman–Crippen MR) is 105 cm³/mol.